The molecule has 1 aromatic carbocycles. The van der Waals surface area contributed by atoms with E-state index < -0.39 is 0 Å². The minimum Gasteiger partial charge on any atom is -0.395 e. The summed E-state index contributed by atoms with van der Waals surface area (Å²) in [7, 11) is 1.69. The van der Waals surface area contributed by atoms with Gasteiger partial charge in [0.2, 0.25) is 5.91 Å². The number of hydrogen-bond donors (Lipinski definition) is 1. The van der Waals surface area contributed by atoms with Gasteiger partial charge in [0.15, 0.2) is 0 Å². The van der Waals surface area contributed by atoms with Gasteiger partial charge in [0.25, 0.3) is 5.91 Å². The van der Waals surface area contributed by atoms with Crippen molar-refractivity contribution in [3.05, 3.63) is 29.3 Å². The average Bonchev–Trinajstić information content (AvgIpc) is 2.67. The van der Waals surface area contributed by atoms with E-state index in [1.807, 2.05) is 17.0 Å². The van der Waals surface area contributed by atoms with Crippen molar-refractivity contribution in [1.82, 2.24) is 9.80 Å². The van der Waals surface area contributed by atoms with E-state index in [4.69, 9.17) is 5.11 Å². The van der Waals surface area contributed by atoms with Gasteiger partial charge in [0.05, 0.1) is 6.61 Å². The predicted octanol–water partition coefficient (Wildman–Crippen LogP) is 3.28. The quantitative estimate of drug-likeness (QED) is 0.838. The summed E-state index contributed by atoms with van der Waals surface area (Å²) in [5.74, 6) is -0.0747. The highest BCUT2D eigenvalue weighted by Crippen LogP contribution is 2.27. The molecule has 1 heterocycles. The van der Waals surface area contributed by atoms with Gasteiger partial charge in [-0.2, -0.15) is 0 Å². The normalized spacial score (nSPS) is 16.7. The van der Waals surface area contributed by atoms with Crippen molar-refractivity contribution in [3.8, 4) is 0 Å². The van der Waals surface area contributed by atoms with Crippen molar-refractivity contribution < 1.29 is 14.7 Å². The molecule has 0 atom stereocenters. The van der Waals surface area contributed by atoms with E-state index in [1.54, 1.807) is 20.0 Å². The zero-order chi connectivity index (χ0) is 21.4. The first kappa shape index (κ1) is 23.4. The van der Waals surface area contributed by atoms with Gasteiger partial charge in [-0.1, -0.05) is 19.3 Å². The van der Waals surface area contributed by atoms with E-state index in [9.17, 15) is 9.59 Å². The fourth-order valence-corrected chi connectivity index (χ4v) is 3.88. The number of anilines is 1. The van der Waals surface area contributed by atoms with Gasteiger partial charge in [-0.05, 0) is 57.0 Å². The second kappa shape index (κ2) is 11.3. The van der Waals surface area contributed by atoms with Crippen LogP contribution < -0.4 is 4.90 Å². The molecule has 0 saturated heterocycles. The Morgan fingerprint density at radius 2 is 1.76 bits per heavy atom. The van der Waals surface area contributed by atoms with E-state index in [2.05, 4.69) is 18.7 Å². The van der Waals surface area contributed by atoms with Gasteiger partial charge in [-0.15, -0.1) is 0 Å². The Hall–Kier alpha value is -1.92. The molecule has 1 aliphatic rings. The zero-order valence-corrected chi connectivity index (χ0v) is 18.5. The maximum atomic E-state index is 12.7. The number of aliphatic hydroxyl groups is 1. The molecule has 6 heteroatoms. The minimum absolute atomic E-state index is 0.0379. The monoisotopic (exact) mass is 403 g/mol. The van der Waals surface area contributed by atoms with Crippen LogP contribution in [0.4, 0.5) is 5.69 Å². The number of likely N-dealkylation sites (N-methyl/N-ethyl adjacent to an activating group) is 1. The number of amides is 2. The summed E-state index contributed by atoms with van der Waals surface area (Å²) in [5.41, 5.74) is 2.52. The van der Waals surface area contributed by atoms with Crippen LogP contribution in [0.1, 0.15) is 68.8 Å². The topological polar surface area (TPSA) is 64.1 Å². The molecule has 0 spiro atoms. The second-order valence-electron chi connectivity index (χ2n) is 8.30. The lowest BCUT2D eigenvalue weighted by Crippen LogP contribution is -2.35. The smallest absolute Gasteiger partial charge is 0.253 e. The van der Waals surface area contributed by atoms with Crippen LogP contribution in [-0.4, -0.2) is 66.1 Å². The molecule has 0 fully saturated rings. The number of aliphatic hydroxyl groups excluding tert-OH is 1. The summed E-state index contributed by atoms with van der Waals surface area (Å²) in [6, 6.07) is 6.04. The third-order valence-corrected chi connectivity index (χ3v) is 5.71. The summed E-state index contributed by atoms with van der Waals surface area (Å²) in [6.07, 6.45) is 5.70. The molecule has 2 rings (SSSR count). The second-order valence-corrected chi connectivity index (χ2v) is 8.30. The van der Waals surface area contributed by atoms with Crippen molar-refractivity contribution in [2.45, 2.75) is 65.5 Å². The Balaban J connectivity index is 2.46. The largest absolute Gasteiger partial charge is 0.395 e. The van der Waals surface area contributed by atoms with Crippen LogP contribution in [0.2, 0.25) is 0 Å². The summed E-state index contributed by atoms with van der Waals surface area (Å²) < 4.78 is 0. The first-order valence-electron chi connectivity index (χ1n) is 10.9. The van der Waals surface area contributed by atoms with Crippen molar-refractivity contribution in [3.63, 3.8) is 0 Å². The average molecular weight is 404 g/mol. The van der Waals surface area contributed by atoms with Crippen molar-refractivity contribution in [1.29, 1.82) is 0 Å². The van der Waals surface area contributed by atoms with Crippen LogP contribution in [0.3, 0.4) is 0 Å². The molecular formula is C23H37N3O3. The van der Waals surface area contributed by atoms with E-state index in [1.165, 1.54) is 24.2 Å². The molecule has 1 aromatic rings. The number of fused-ring (bicyclic) bond motifs is 1. The zero-order valence-electron chi connectivity index (χ0n) is 18.5. The van der Waals surface area contributed by atoms with Crippen LogP contribution >= 0.6 is 0 Å². The fourth-order valence-electron chi connectivity index (χ4n) is 3.88. The Morgan fingerprint density at radius 3 is 2.38 bits per heavy atom. The third kappa shape index (κ3) is 6.54. The van der Waals surface area contributed by atoms with Gasteiger partial charge in [0.1, 0.15) is 0 Å². The number of carbonyl (C=O) groups is 2. The Bertz CT molecular complexity index is 690. The molecule has 0 saturated carbocycles. The van der Waals surface area contributed by atoms with E-state index >= 15 is 0 Å². The number of carbonyl (C=O) groups excluding carboxylic acids is 2. The highest BCUT2D eigenvalue weighted by molar-refractivity contribution is 5.97. The van der Waals surface area contributed by atoms with Gasteiger partial charge in [-0.3, -0.25) is 14.5 Å². The van der Waals surface area contributed by atoms with E-state index in [-0.39, 0.29) is 18.4 Å². The summed E-state index contributed by atoms with van der Waals surface area (Å²) in [5, 5.41) is 9.15. The number of rotatable bonds is 4. The maximum absolute atomic E-state index is 12.7. The number of benzene rings is 1. The molecule has 6 nitrogen and oxygen atoms in total. The first-order valence-corrected chi connectivity index (χ1v) is 10.9. The van der Waals surface area contributed by atoms with E-state index in [0.717, 1.165) is 30.6 Å². The Morgan fingerprint density at radius 1 is 1.10 bits per heavy atom. The number of hydrogen-bond acceptors (Lipinski definition) is 4. The van der Waals surface area contributed by atoms with Crippen molar-refractivity contribution in [2.24, 2.45) is 0 Å². The summed E-state index contributed by atoms with van der Waals surface area (Å²) >= 11 is 0. The van der Waals surface area contributed by atoms with Gasteiger partial charge in [-0.25, -0.2) is 0 Å². The summed E-state index contributed by atoms with van der Waals surface area (Å²) in [4.78, 5) is 31.0. The molecule has 162 valence electrons. The molecule has 2 amide bonds. The molecule has 0 unspecified atom stereocenters. The maximum Gasteiger partial charge on any atom is 0.253 e. The highest BCUT2D eigenvalue weighted by Gasteiger charge is 2.21. The molecule has 0 aliphatic carbocycles. The van der Waals surface area contributed by atoms with E-state index in [0.29, 0.717) is 31.2 Å². The lowest BCUT2D eigenvalue weighted by molar-refractivity contribution is -0.116. The van der Waals surface area contributed by atoms with Gasteiger partial charge in [0, 0.05) is 50.9 Å². The fraction of sp³-hybridized carbons (Fsp3) is 0.652. The highest BCUT2D eigenvalue weighted by atomic mass is 16.3. The van der Waals surface area contributed by atoms with Crippen LogP contribution in [-0.2, 0) is 11.3 Å². The SMILES string of the molecule is CC(=O)N1CCCCCCCN(C(C)C)Cc2cc(C(=O)N(C)CCO)ccc21. The standard InChI is InChI=1S/C23H37N3O3/c1-18(2)25-12-8-6-5-7-9-13-26(19(3)28)22-11-10-20(16-21(22)17-25)23(29)24(4)14-15-27/h10-11,16,18,27H,5-9,12-15,17H2,1-4H3. The van der Waals surface area contributed by atoms with Crippen LogP contribution in [0.15, 0.2) is 18.2 Å². The lowest BCUT2D eigenvalue weighted by atomic mass is 10.0. The molecule has 1 N–H and O–H groups in total. The Labute approximate surface area is 175 Å². The van der Waals surface area contributed by atoms with Crippen LogP contribution in [0, 0.1) is 0 Å². The molecule has 29 heavy (non-hydrogen) atoms. The predicted molar refractivity (Wildman–Crippen MR) is 117 cm³/mol. The van der Waals surface area contributed by atoms with Crippen molar-refractivity contribution >= 4 is 17.5 Å². The van der Waals surface area contributed by atoms with Gasteiger partial charge >= 0.3 is 0 Å². The molecule has 0 radical (unpaired) electrons. The molecule has 1 aliphatic heterocycles. The Kier molecular flexibility index (Phi) is 9.11. The third-order valence-electron chi connectivity index (χ3n) is 5.71. The van der Waals surface area contributed by atoms with Crippen LogP contribution in [0.25, 0.3) is 0 Å². The van der Waals surface area contributed by atoms with Crippen molar-refractivity contribution in [2.75, 3.05) is 38.2 Å². The number of nitrogens with zero attached hydrogens (tertiary/aromatic N) is 3. The molecular weight excluding hydrogens is 366 g/mol. The minimum atomic E-state index is -0.113. The van der Waals surface area contributed by atoms with Gasteiger partial charge < -0.3 is 14.9 Å². The van der Waals surface area contributed by atoms with Crippen LogP contribution in [0.5, 0.6) is 0 Å². The first-order chi connectivity index (χ1) is 13.8. The molecule has 0 aromatic heterocycles. The molecule has 0 bridgehead atoms. The summed E-state index contributed by atoms with van der Waals surface area (Å²) in [6.45, 7) is 8.67. The lowest BCUT2D eigenvalue weighted by Gasteiger charge is -2.31.